The van der Waals surface area contributed by atoms with Crippen LogP contribution in [0.25, 0.3) is 10.2 Å². The van der Waals surface area contributed by atoms with Crippen molar-refractivity contribution in [1.82, 2.24) is 14.9 Å². The maximum atomic E-state index is 13.4. The third kappa shape index (κ3) is 4.25. The van der Waals surface area contributed by atoms with E-state index in [0.29, 0.717) is 24.0 Å². The van der Waals surface area contributed by atoms with Crippen molar-refractivity contribution >= 4 is 39.2 Å². The number of nitrogens with zero attached hydrogens (tertiary/aromatic N) is 2. The van der Waals surface area contributed by atoms with Gasteiger partial charge in [-0.1, -0.05) is 24.3 Å². The molecule has 0 aliphatic heterocycles. The predicted molar refractivity (Wildman–Crippen MR) is 121 cm³/mol. The second-order valence-electron chi connectivity index (χ2n) is 7.40. The number of fused-ring (bicyclic) bond motifs is 3. The third-order valence-corrected chi connectivity index (χ3v) is 7.55. The minimum atomic E-state index is -0.404. The van der Waals surface area contributed by atoms with E-state index in [1.54, 1.807) is 34.3 Å². The standard InChI is InChI=1S/C22H25N3O3S2/c1-3-11-25-21(27)18-16-9-5-4-6-10-17(16)30-20(18)24-22(25)29-14(2)19(26)23-13-15-8-7-12-28-15/h3,7-8,12,14H,1,4-6,9-11,13H2,2H3,(H,23,26). The van der Waals surface area contributed by atoms with Gasteiger partial charge in [0.15, 0.2) is 5.16 Å². The van der Waals surface area contributed by atoms with Crippen LogP contribution in [0.2, 0.25) is 0 Å². The van der Waals surface area contributed by atoms with Crippen molar-refractivity contribution in [2.75, 3.05) is 0 Å². The van der Waals surface area contributed by atoms with E-state index in [-0.39, 0.29) is 11.5 Å². The molecule has 6 nitrogen and oxygen atoms in total. The van der Waals surface area contributed by atoms with Gasteiger partial charge in [-0.15, -0.1) is 17.9 Å². The molecule has 0 bridgehead atoms. The van der Waals surface area contributed by atoms with E-state index in [1.807, 2.05) is 13.0 Å². The fourth-order valence-electron chi connectivity index (χ4n) is 3.72. The Bertz CT molecular complexity index is 1120. The lowest BCUT2D eigenvalue weighted by Crippen LogP contribution is -2.31. The summed E-state index contributed by atoms with van der Waals surface area (Å²) in [6.45, 7) is 6.32. The molecule has 1 unspecified atom stereocenters. The maximum Gasteiger partial charge on any atom is 0.263 e. The Morgan fingerprint density at radius 1 is 1.43 bits per heavy atom. The van der Waals surface area contributed by atoms with Crippen LogP contribution in [0.3, 0.4) is 0 Å². The van der Waals surface area contributed by atoms with Gasteiger partial charge in [0.1, 0.15) is 10.6 Å². The lowest BCUT2D eigenvalue weighted by Gasteiger charge is -2.14. The van der Waals surface area contributed by atoms with Gasteiger partial charge in [0.05, 0.1) is 23.4 Å². The number of carbonyl (C=O) groups is 1. The summed E-state index contributed by atoms with van der Waals surface area (Å²) < 4.78 is 6.90. The number of furan rings is 1. The molecule has 0 radical (unpaired) electrons. The van der Waals surface area contributed by atoms with Crippen molar-refractivity contribution in [2.24, 2.45) is 0 Å². The molecule has 3 aromatic rings. The van der Waals surface area contributed by atoms with Crippen LogP contribution in [0.4, 0.5) is 0 Å². The normalized spacial score (nSPS) is 14.8. The molecular weight excluding hydrogens is 418 g/mol. The molecular formula is C22H25N3O3S2. The van der Waals surface area contributed by atoms with Gasteiger partial charge in [0, 0.05) is 11.4 Å². The van der Waals surface area contributed by atoms with Crippen LogP contribution in [-0.2, 0) is 30.7 Å². The Morgan fingerprint density at radius 3 is 3.03 bits per heavy atom. The highest BCUT2D eigenvalue weighted by Gasteiger charge is 2.23. The van der Waals surface area contributed by atoms with Crippen LogP contribution in [-0.4, -0.2) is 20.7 Å². The molecule has 30 heavy (non-hydrogen) atoms. The fraction of sp³-hybridized carbons (Fsp3) is 0.409. The highest BCUT2D eigenvalue weighted by molar-refractivity contribution is 8.00. The summed E-state index contributed by atoms with van der Waals surface area (Å²) in [4.78, 5) is 32.8. The largest absolute Gasteiger partial charge is 0.467 e. The Morgan fingerprint density at radius 2 is 2.27 bits per heavy atom. The monoisotopic (exact) mass is 443 g/mol. The quantitative estimate of drug-likeness (QED) is 0.255. The summed E-state index contributed by atoms with van der Waals surface area (Å²) in [6, 6.07) is 3.60. The van der Waals surface area contributed by atoms with Crippen molar-refractivity contribution in [3.63, 3.8) is 0 Å². The summed E-state index contributed by atoms with van der Waals surface area (Å²) in [7, 11) is 0. The molecule has 0 spiro atoms. The highest BCUT2D eigenvalue weighted by atomic mass is 32.2. The zero-order valence-corrected chi connectivity index (χ0v) is 18.6. The molecule has 1 aliphatic rings. The number of thiophene rings is 1. The van der Waals surface area contributed by atoms with E-state index >= 15 is 0 Å². The van der Waals surface area contributed by atoms with Gasteiger partial charge in [-0.25, -0.2) is 4.98 Å². The molecule has 4 rings (SSSR count). The number of hydrogen-bond donors (Lipinski definition) is 1. The van der Waals surface area contributed by atoms with E-state index in [9.17, 15) is 9.59 Å². The van der Waals surface area contributed by atoms with Gasteiger partial charge < -0.3 is 9.73 Å². The molecule has 8 heteroatoms. The average molecular weight is 444 g/mol. The number of amides is 1. The summed E-state index contributed by atoms with van der Waals surface area (Å²) >= 11 is 2.94. The van der Waals surface area contributed by atoms with Gasteiger partial charge in [0.25, 0.3) is 5.56 Å². The molecule has 1 N–H and O–H groups in total. The van der Waals surface area contributed by atoms with E-state index in [2.05, 4.69) is 11.9 Å². The van der Waals surface area contributed by atoms with Crippen molar-refractivity contribution in [3.05, 3.63) is 57.6 Å². The Labute approximate surface area is 183 Å². The maximum absolute atomic E-state index is 13.4. The fourth-order valence-corrected chi connectivity index (χ4v) is 5.96. The zero-order chi connectivity index (χ0) is 21.1. The topological polar surface area (TPSA) is 77.1 Å². The van der Waals surface area contributed by atoms with Crippen LogP contribution in [0, 0.1) is 0 Å². The number of carbonyl (C=O) groups excluding carboxylic acids is 1. The first kappa shape index (κ1) is 20.9. The van der Waals surface area contributed by atoms with Gasteiger partial charge in [-0.3, -0.25) is 14.2 Å². The van der Waals surface area contributed by atoms with Crippen LogP contribution in [0.15, 0.2) is 45.4 Å². The molecule has 158 valence electrons. The minimum Gasteiger partial charge on any atom is -0.467 e. The number of aromatic nitrogens is 2. The molecule has 1 amide bonds. The van der Waals surface area contributed by atoms with Gasteiger partial charge >= 0.3 is 0 Å². The summed E-state index contributed by atoms with van der Waals surface area (Å²) in [5, 5.41) is 3.79. The van der Waals surface area contributed by atoms with Crippen LogP contribution < -0.4 is 10.9 Å². The molecule has 0 fully saturated rings. The minimum absolute atomic E-state index is 0.0232. The van der Waals surface area contributed by atoms with Crippen molar-refractivity contribution in [1.29, 1.82) is 0 Å². The first-order valence-electron chi connectivity index (χ1n) is 10.2. The molecule has 3 aromatic heterocycles. The first-order chi connectivity index (χ1) is 14.6. The number of rotatable bonds is 7. The van der Waals surface area contributed by atoms with Crippen LogP contribution in [0.5, 0.6) is 0 Å². The summed E-state index contributed by atoms with van der Waals surface area (Å²) in [5.41, 5.74) is 1.16. The van der Waals surface area contributed by atoms with Crippen LogP contribution >= 0.6 is 23.1 Å². The first-order valence-corrected chi connectivity index (χ1v) is 11.9. The number of allylic oxidation sites excluding steroid dienone is 1. The molecule has 1 atom stereocenters. The Balaban J connectivity index is 1.62. The van der Waals surface area contributed by atoms with Gasteiger partial charge in [-0.2, -0.15) is 0 Å². The van der Waals surface area contributed by atoms with Crippen LogP contribution in [0.1, 0.15) is 42.4 Å². The summed E-state index contributed by atoms with van der Waals surface area (Å²) in [5.74, 6) is 0.571. The second-order valence-corrected chi connectivity index (χ2v) is 9.79. The average Bonchev–Trinajstić information content (AvgIpc) is 3.31. The lowest BCUT2D eigenvalue weighted by atomic mass is 10.1. The molecule has 0 saturated carbocycles. The molecule has 0 aromatic carbocycles. The Hall–Kier alpha value is -2.32. The smallest absolute Gasteiger partial charge is 0.263 e. The van der Waals surface area contributed by atoms with E-state index in [0.717, 1.165) is 35.9 Å². The SMILES string of the molecule is C=CCn1c(SC(C)C(=O)NCc2ccco2)nc2sc3c(c2c1=O)CCCCC3. The molecule has 3 heterocycles. The number of nitrogens with one attached hydrogen (secondary N) is 1. The molecule has 0 saturated heterocycles. The van der Waals surface area contributed by atoms with E-state index < -0.39 is 5.25 Å². The summed E-state index contributed by atoms with van der Waals surface area (Å²) in [6.07, 6.45) is 8.72. The number of aryl methyl sites for hydroxylation is 2. The van der Waals surface area contributed by atoms with E-state index in [4.69, 9.17) is 9.40 Å². The van der Waals surface area contributed by atoms with E-state index in [1.165, 1.54) is 28.6 Å². The van der Waals surface area contributed by atoms with Crippen molar-refractivity contribution in [3.8, 4) is 0 Å². The third-order valence-electron chi connectivity index (χ3n) is 5.27. The Kier molecular flexibility index (Phi) is 6.43. The zero-order valence-electron chi connectivity index (χ0n) is 17.0. The number of thioether (sulfide) groups is 1. The van der Waals surface area contributed by atoms with Gasteiger partial charge in [0.2, 0.25) is 5.91 Å². The second kappa shape index (κ2) is 9.22. The lowest BCUT2D eigenvalue weighted by molar-refractivity contribution is -0.120. The highest BCUT2D eigenvalue weighted by Crippen LogP contribution is 2.34. The van der Waals surface area contributed by atoms with Crippen molar-refractivity contribution < 1.29 is 9.21 Å². The molecule has 1 aliphatic carbocycles. The predicted octanol–water partition coefficient (Wildman–Crippen LogP) is 4.30. The van der Waals surface area contributed by atoms with Crippen molar-refractivity contribution in [2.45, 2.75) is 62.5 Å². The van der Waals surface area contributed by atoms with Gasteiger partial charge in [-0.05, 0) is 50.3 Å². The number of hydrogen-bond acceptors (Lipinski definition) is 6.